The number of nitrogens with one attached hydrogen (secondary N) is 1. The molecule has 1 fully saturated rings. The van der Waals surface area contributed by atoms with Crippen LogP contribution < -0.4 is 15.6 Å². The second-order valence-corrected chi connectivity index (χ2v) is 6.83. The van der Waals surface area contributed by atoms with E-state index in [9.17, 15) is 22.8 Å². The number of aromatic nitrogens is 5. The zero-order chi connectivity index (χ0) is 22.0. The van der Waals surface area contributed by atoms with Crippen molar-refractivity contribution in [3.05, 3.63) is 40.9 Å². The molecule has 1 N–H and O–H groups in total. The van der Waals surface area contributed by atoms with E-state index in [2.05, 4.69) is 25.3 Å². The number of amides is 1. The molecule has 0 aliphatic carbocycles. The number of rotatable bonds is 6. The third-order valence-electron chi connectivity index (χ3n) is 4.61. The molecule has 0 saturated carbocycles. The van der Waals surface area contributed by atoms with Gasteiger partial charge in [-0.25, -0.2) is 4.98 Å². The number of hydrogen-bond acceptors (Lipinski definition) is 7. The van der Waals surface area contributed by atoms with E-state index < -0.39 is 17.7 Å². The van der Waals surface area contributed by atoms with Crippen molar-refractivity contribution in [2.45, 2.75) is 31.9 Å². The van der Waals surface area contributed by atoms with Gasteiger partial charge in [-0.15, -0.1) is 18.3 Å². The molecule has 0 radical (unpaired) electrons. The molecule has 4 rings (SSSR count). The van der Waals surface area contributed by atoms with Crippen LogP contribution in [0.3, 0.4) is 0 Å². The Labute approximate surface area is 172 Å². The van der Waals surface area contributed by atoms with Gasteiger partial charge in [0.05, 0.1) is 11.8 Å². The lowest BCUT2D eigenvalue weighted by molar-refractivity contribution is -0.274. The Balaban J connectivity index is 1.50. The molecule has 1 aliphatic heterocycles. The molecule has 0 bridgehead atoms. The number of ether oxygens (including phenoxy) is 2. The minimum atomic E-state index is -4.80. The molecule has 1 aromatic carbocycles. The first-order chi connectivity index (χ1) is 14.8. The monoisotopic (exact) mass is 438 g/mol. The summed E-state index contributed by atoms with van der Waals surface area (Å²) in [6.07, 6.45) is -1.80. The van der Waals surface area contributed by atoms with E-state index >= 15 is 0 Å². The van der Waals surface area contributed by atoms with E-state index in [1.54, 1.807) is 0 Å². The van der Waals surface area contributed by atoms with Crippen LogP contribution in [0.15, 0.2) is 35.4 Å². The number of carbonyl (C=O) groups is 1. The second-order valence-electron chi connectivity index (χ2n) is 6.83. The van der Waals surface area contributed by atoms with Crippen molar-refractivity contribution in [1.82, 2.24) is 29.9 Å². The van der Waals surface area contributed by atoms with Gasteiger partial charge < -0.3 is 14.8 Å². The SMILES string of the molecule is O=C(Cn1cnc2c(nnn2-c2ccc(OC(F)(F)F)cc2)c1=O)NC[C@H]1CCCO1. The summed E-state index contributed by atoms with van der Waals surface area (Å²) >= 11 is 0. The van der Waals surface area contributed by atoms with Crippen LogP contribution in [0.25, 0.3) is 16.9 Å². The van der Waals surface area contributed by atoms with E-state index in [-0.39, 0.29) is 29.7 Å². The predicted octanol–water partition coefficient (Wildman–Crippen LogP) is 1.17. The van der Waals surface area contributed by atoms with Gasteiger partial charge >= 0.3 is 6.36 Å². The van der Waals surface area contributed by atoms with Gasteiger partial charge in [0.2, 0.25) is 5.91 Å². The Morgan fingerprint density at radius 1 is 1.29 bits per heavy atom. The summed E-state index contributed by atoms with van der Waals surface area (Å²) in [7, 11) is 0. The molecule has 10 nitrogen and oxygen atoms in total. The van der Waals surface area contributed by atoms with Crippen molar-refractivity contribution in [1.29, 1.82) is 0 Å². The molecular formula is C18H17F3N6O4. The Morgan fingerprint density at radius 2 is 2.06 bits per heavy atom. The summed E-state index contributed by atoms with van der Waals surface area (Å²) in [6, 6.07) is 4.85. The van der Waals surface area contributed by atoms with E-state index in [4.69, 9.17) is 4.74 Å². The first-order valence-corrected chi connectivity index (χ1v) is 9.35. The van der Waals surface area contributed by atoms with Gasteiger partial charge in [0.25, 0.3) is 5.56 Å². The number of benzene rings is 1. The third-order valence-corrected chi connectivity index (χ3v) is 4.61. The fourth-order valence-electron chi connectivity index (χ4n) is 3.16. The molecule has 1 aliphatic rings. The Morgan fingerprint density at radius 3 is 2.74 bits per heavy atom. The van der Waals surface area contributed by atoms with Crippen LogP contribution in [0.2, 0.25) is 0 Å². The summed E-state index contributed by atoms with van der Waals surface area (Å²) in [6.45, 7) is 0.798. The number of halogens is 3. The maximum absolute atomic E-state index is 12.6. The highest BCUT2D eigenvalue weighted by molar-refractivity contribution is 5.76. The van der Waals surface area contributed by atoms with Crippen LogP contribution >= 0.6 is 0 Å². The smallest absolute Gasteiger partial charge is 0.406 e. The number of alkyl halides is 3. The Bertz CT molecular complexity index is 1140. The predicted molar refractivity (Wildman–Crippen MR) is 99.6 cm³/mol. The van der Waals surface area contributed by atoms with Crippen LogP contribution in [0.4, 0.5) is 13.2 Å². The second kappa shape index (κ2) is 8.34. The molecule has 31 heavy (non-hydrogen) atoms. The van der Waals surface area contributed by atoms with Gasteiger partial charge in [-0.2, -0.15) is 4.68 Å². The maximum atomic E-state index is 12.6. The Hall–Kier alpha value is -3.48. The van der Waals surface area contributed by atoms with Gasteiger partial charge in [0.1, 0.15) is 18.6 Å². The van der Waals surface area contributed by atoms with Crippen LogP contribution in [-0.2, 0) is 16.1 Å². The van der Waals surface area contributed by atoms with Crippen LogP contribution in [0.1, 0.15) is 12.8 Å². The molecule has 164 valence electrons. The topological polar surface area (TPSA) is 113 Å². The van der Waals surface area contributed by atoms with Crippen molar-refractivity contribution in [3.63, 3.8) is 0 Å². The molecule has 0 unspecified atom stereocenters. The normalized spacial score (nSPS) is 16.5. The highest BCUT2D eigenvalue weighted by atomic mass is 19.4. The van der Waals surface area contributed by atoms with Crippen molar-refractivity contribution in [3.8, 4) is 11.4 Å². The van der Waals surface area contributed by atoms with Crippen LogP contribution in [0.5, 0.6) is 5.75 Å². The zero-order valence-corrected chi connectivity index (χ0v) is 16.0. The minimum Gasteiger partial charge on any atom is -0.406 e. The largest absolute Gasteiger partial charge is 0.573 e. The van der Waals surface area contributed by atoms with E-state index in [1.807, 2.05) is 0 Å². The molecule has 13 heteroatoms. The third kappa shape index (κ3) is 4.82. The minimum absolute atomic E-state index is 0.0194. The Kier molecular flexibility index (Phi) is 5.59. The average molecular weight is 438 g/mol. The molecule has 2 aromatic heterocycles. The first-order valence-electron chi connectivity index (χ1n) is 9.35. The molecule has 3 heterocycles. The summed E-state index contributed by atoms with van der Waals surface area (Å²) in [5.41, 5.74) is -0.216. The van der Waals surface area contributed by atoms with Gasteiger partial charge in [0, 0.05) is 13.2 Å². The lowest BCUT2D eigenvalue weighted by atomic mass is 10.2. The lowest BCUT2D eigenvalue weighted by Gasteiger charge is -2.11. The highest BCUT2D eigenvalue weighted by Crippen LogP contribution is 2.24. The number of fused-ring (bicyclic) bond motifs is 1. The standard InChI is InChI=1S/C18H17F3N6O4/c19-18(20,21)31-12-5-3-11(4-6-12)27-16-15(24-25-27)17(29)26(10-23-16)9-14(28)22-8-13-2-1-7-30-13/h3-6,10,13H,1-2,7-9H2,(H,22,28)/t13-/m1/s1. The van der Waals surface area contributed by atoms with Crippen molar-refractivity contribution in [2.24, 2.45) is 0 Å². The fraction of sp³-hybridized carbons (Fsp3) is 0.389. The fourth-order valence-corrected chi connectivity index (χ4v) is 3.16. The quantitative estimate of drug-likeness (QED) is 0.615. The van der Waals surface area contributed by atoms with Crippen molar-refractivity contribution >= 4 is 17.1 Å². The van der Waals surface area contributed by atoms with Crippen molar-refractivity contribution in [2.75, 3.05) is 13.2 Å². The molecule has 1 saturated heterocycles. The summed E-state index contributed by atoms with van der Waals surface area (Å²) < 4.78 is 48.4. The lowest BCUT2D eigenvalue weighted by Crippen LogP contribution is -2.36. The summed E-state index contributed by atoms with van der Waals surface area (Å²) in [5.74, 6) is -0.767. The molecule has 1 atom stereocenters. The number of carbonyl (C=O) groups excluding carboxylic acids is 1. The maximum Gasteiger partial charge on any atom is 0.573 e. The van der Waals surface area contributed by atoms with E-state index in [1.165, 1.54) is 23.1 Å². The molecular weight excluding hydrogens is 421 g/mol. The van der Waals surface area contributed by atoms with Gasteiger partial charge in [-0.1, -0.05) is 5.21 Å². The molecule has 1 amide bonds. The van der Waals surface area contributed by atoms with Crippen molar-refractivity contribution < 1.29 is 27.4 Å². The van der Waals surface area contributed by atoms with Crippen LogP contribution in [-0.4, -0.2) is 56.1 Å². The number of hydrogen-bond donors (Lipinski definition) is 1. The molecule has 3 aromatic rings. The van der Waals surface area contributed by atoms with Gasteiger partial charge in [0.15, 0.2) is 11.2 Å². The van der Waals surface area contributed by atoms with Crippen LogP contribution in [0, 0.1) is 0 Å². The molecule has 0 spiro atoms. The van der Waals surface area contributed by atoms with E-state index in [0.717, 1.165) is 29.5 Å². The van der Waals surface area contributed by atoms with Gasteiger partial charge in [-0.05, 0) is 37.1 Å². The average Bonchev–Trinajstić information content (AvgIpc) is 3.38. The summed E-state index contributed by atoms with van der Waals surface area (Å²) in [4.78, 5) is 28.9. The summed E-state index contributed by atoms with van der Waals surface area (Å²) in [5, 5.41) is 10.4. The zero-order valence-electron chi connectivity index (χ0n) is 16.0. The first kappa shape index (κ1) is 20.8. The number of nitrogens with zero attached hydrogens (tertiary/aromatic N) is 5. The van der Waals surface area contributed by atoms with E-state index in [0.29, 0.717) is 18.8 Å². The van der Waals surface area contributed by atoms with Gasteiger partial charge in [-0.3, -0.25) is 14.2 Å². The highest BCUT2D eigenvalue weighted by Gasteiger charge is 2.31.